The number of benzene rings is 2. The Morgan fingerprint density at radius 3 is 2.42 bits per heavy atom. The van der Waals surface area contributed by atoms with Gasteiger partial charge >= 0.3 is 0 Å². The van der Waals surface area contributed by atoms with Crippen LogP contribution in [0, 0.1) is 0 Å². The maximum Gasteiger partial charge on any atom is 0.247 e. The largest absolute Gasteiger partial charge is 0.419 e. The lowest BCUT2D eigenvalue weighted by molar-refractivity contribution is -0.133. The van der Waals surface area contributed by atoms with Crippen LogP contribution in [0.5, 0.6) is 0 Å². The zero-order valence-electron chi connectivity index (χ0n) is 14.7. The zero-order valence-corrected chi connectivity index (χ0v) is 15.5. The normalized spacial score (nSPS) is 10.9. The van der Waals surface area contributed by atoms with Crippen molar-refractivity contribution < 1.29 is 9.21 Å². The molecule has 0 bridgehead atoms. The Morgan fingerprint density at radius 2 is 1.77 bits per heavy atom. The number of carbonyl (C=O) groups excluding carboxylic acids is 1. The van der Waals surface area contributed by atoms with E-state index in [-0.39, 0.29) is 18.5 Å². The molecule has 0 aliphatic rings. The fraction of sp³-hybridized carbons (Fsp3) is 0.250. The maximum atomic E-state index is 12.7. The van der Waals surface area contributed by atoms with Crippen LogP contribution in [0.1, 0.15) is 25.3 Å². The van der Waals surface area contributed by atoms with Gasteiger partial charge in [-0.25, -0.2) is 0 Å². The van der Waals surface area contributed by atoms with E-state index in [1.807, 2.05) is 56.3 Å². The topological polar surface area (TPSA) is 59.2 Å². The van der Waals surface area contributed by atoms with Crippen LogP contribution in [-0.4, -0.2) is 27.0 Å². The quantitative estimate of drug-likeness (QED) is 0.647. The van der Waals surface area contributed by atoms with Crippen molar-refractivity contribution in [2.45, 2.75) is 32.9 Å². The van der Waals surface area contributed by atoms with Gasteiger partial charge in [-0.1, -0.05) is 41.9 Å². The lowest BCUT2D eigenvalue weighted by Crippen LogP contribution is -2.37. The van der Waals surface area contributed by atoms with Gasteiger partial charge in [-0.05, 0) is 43.7 Å². The maximum absolute atomic E-state index is 12.7. The second kappa shape index (κ2) is 8.15. The molecule has 1 amide bonds. The average Bonchev–Trinajstić information content (AvgIpc) is 3.09. The molecule has 5 nitrogen and oxygen atoms in total. The lowest BCUT2D eigenvalue weighted by Gasteiger charge is -2.25. The minimum absolute atomic E-state index is 0.0251. The number of carbonyl (C=O) groups is 1. The molecule has 26 heavy (non-hydrogen) atoms. The summed E-state index contributed by atoms with van der Waals surface area (Å²) in [5, 5.41) is 8.80. The summed E-state index contributed by atoms with van der Waals surface area (Å²) in [7, 11) is 0. The molecule has 0 N–H and O–H groups in total. The Hall–Kier alpha value is -2.66. The van der Waals surface area contributed by atoms with Gasteiger partial charge in [0.2, 0.25) is 17.7 Å². The highest BCUT2D eigenvalue weighted by molar-refractivity contribution is 6.30. The van der Waals surface area contributed by atoms with E-state index in [1.165, 1.54) is 0 Å². The third kappa shape index (κ3) is 4.49. The van der Waals surface area contributed by atoms with Crippen molar-refractivity contribution in [3.8, 4) is 11.5 Å². The molecule has 0 fully saturated rings. The van der Waals surface area contributed by atoms with Crippen molar-refractivity contribution in [2.75, 3.05) is 0 Å². The first kappa shape index (κ1) is 18.1. The Morgan fingerprint density at radius 1 is 1.08 bits per heavy atom. The molecule has 6 heteroatoms. The van der Waals surface area contributed by atoms with Crippen LogP contribution in [0.15, 0.2) is 59.0 Å². The second-order valence-electron chi connectivity index (χ2n) is 6.29. The van der Waals surface area contributed by atoms with Crippen molar-refractivity contribution in [3.63, 3.8) is 0 Å². The van der Waals surface area contributed by atoms with Gasteiger partial charge in [0.15, 0.2) is 0 Å². The van der Waals surface area contributed by atoms with Gasteiger partial charge < -0.3 is 9.32 Å². The summed E-state index contributed by atoms with van der Waals surface area (Å²) in [6.07, 6.45) is 0.344. The summed E-state index contributed by atoms with van der Waals surface area (Å²) in [5.74, 6) is 0.846. The first-order valence-electron chi connectivity index (χ1n) is 8.44. The molecule has 0 atom stereocenters. The SMILES string of the molecule is CC(C)N(Cc1nnc(-c2ccc(Cl)cc2)o1)C(=O)Cc1ccccc1. The van der Waals surface area contributed by atoms with Crippen molar-refractivity contribution in [1.82, 2.24) is 15.1 Å². The first-order chi connectivity index (χ1) is 12.5. The molecular formula is C20H20ClN3O2. The van der Waals surface area contributed by atoms with Gasteiger partial charge in [-0.3, -0.25) is 4.79 Å². The summed E-state index contributed by atoms with van der Waals surface area (Å²) in [5.41, 5.74) is 1.77. The fourth-order valence-corrected chi connectivity index (χ4v) is 2.73. The highest BCUT2D eigenvalue weighted by atomic mass is 35.5. The van der Waals surface area contributed by atoms with E-state index in [0.29, 0.717) is 23.2 Å². The van der Waals surface area contributed by atoms with E-state index < -0.39 is 0 Å². The fourth-order valence-electron chi connectivity index (χ4n) is 2.60. The number of aromatic nitrogens is 2. The lowest BCUT2D eigenvalue weighted by atomic mass is 10.1. The predicted molar refractivity (Wildman–Crippen MR) is 101 cm³/mol. The van der Waals surface area contributed by atoms with Crippen molar-refractivity contribution in [2.24, 2.45) is 0 Å². The molecule has 1 heterocycles. The summed E-state index contributed by atoms with van der Waals surface area (Å²) >= 11 is 5.90. The number of hydrogen-bond acceptors (Lipinski definition) is 4. The molecule has 0 radical (unpaired) electrons. The number of amides is 1. The summed E-state index contributed by atoms with van der Waals surface area (Å²) in [4.78, 5) is 14.4. The van der Waals surface area contributed by atoms with Crippen LogP contribution < -0.4 is 0 Å². The van der Waals surface area contributed by atoms with Crippen LogP contribution in [0.2, 0.25) is 5.02 Å². The van der Waals surface area contributed by atoms with Crippen LogP contribution in [0.3, 0.4) is 0 Å². The summed E-state index contributed by atoms with van der Waals surface area (Å²) in [6.45, 7) is 4.22. The molecule has 0 spiro atoms. The Kier molecular flexibility index (Phi) is 5.68. The number of halogens is 1. The van der Waals surface area contributed by atoms with Gasteiger partial charge in [0.25, 0.3) is 0 Å². The van der Waals surface area contributed by atoms with Crippen molar-refractivity contribution in [1.29, 1.82) is 0 Å². The Labute approximate surface area is 157 Å². The third-order valence-corrected chi connectivity index (χ3v) is 4.26. The minimum atomic E-state index is 0.0251. The van der Waals surface area contributed by atoms with E-state index in [9.17, 15) is 4.79 Å². The third-order valence-electron chi connectivity index (χ3n) is 4.01. The molecule has 3 rings (SSSR count). The van der Waals surface area contributed by atoms with E-state index >= 15 is 0 Å². The van der Waals surface area contributed by atoms with Gasteiger partial charge in [-0.15, -0.1) is 10.2 Å². The molecular weight excluding hydrogens is 350 g/mol. The minimum Gasteiger partial charge on any atom is -0.419 e. The molecule has 0 aliphatic heterocycles. The van der Waals surface area contributed by atoms with Crippen molar-refractivity contribution in [3.05, 3.63) is 71.1 Å². The average molecular weight is 370 g/mol. The smallest absolute Gasteiger partial charge is 0.247 e. The molecule has 134 valence electrons. The Balaban J connectivity index is 1.72. The first-order valence-corrected chi connectivity index (χ1v) is 8.82. The highest BCUT2D eigenvalue weighted by Crippen LogP contribution is 2.21. The monoisotopic (exact) mass is 369 g/mol. The highest BCUT2D eigenvalue weighted by Gasteiger charge is 2.20. The van der Waals surface area contributed by atoms with E-state index in [2.05, 4.69) is 10.2 Å². The van der Waals surface area contributed by atoms with Crippen LogP contribution >= 0.6 is 11.6 Å². The molecule has 0 aliphatic carbocycles. The van der Waals surface area contributed by atoms with Crippen molar-refractivity contribution >= 4 is 17.5 Å². The summed E-state index contributed by atoms with van der Waals surface area (Å²) < 4.78 is 5.73. The molecule has 0 saturated carbocycles. The zero-order chi connectivity index (χ0) is 18.5. The summed E-state index contributed by atoms with van der Waals surface area (Å²) in [6, 6.07) is 16.9. The van der Waals surface area contributed by atoms with Crippen LogP contribution in [0.25, 0.3) is 11.5 Å². The molecule has 2 aromatic carbocycles. The Bertz CT molecular complexity index is 860. The second-order valence-corrected chi connectivity index (χ2v) is 6.72. The molecule has 0 unspecified atom stereocenters. The van der Waals surface area contributed by atoms with E-state index in [4.69, 9.17) is 16.0 Å². The van der Waals surface area contributed by atoms with Gasteiger partial charge in [0, 0.05) is 16.6 Å². The van der Waals surface area contributed by atoms with Crippen LogP contribution in [0.4, 0.5) is 0 Å². The number of nitrogens with zero attached hydrogens (tertiary/aromatic N) is 3. The molecule has 0 saturated heterocycles. The molecule has 1 aromatic heterocycles. The van der Waals surface area contributed by atoms with Gasteiger partial charge in [0.1, 0.15) is 0 Å². The van der Waals surface area contributed by atoms with Crippen LogP contribution in [-0.2, 0) is 17.8 Å². The number of hydrogen-bond donors (Lipinski definition) is 0. The van der Waals surface area contributed by atoms with Gasteiger partial charge in [-0.2, -0.15) is 0 Å². The number of rotatable bonds is 6. The molecule has 3 aromatic rings. The predicted octanol–water partition coefficient (Wildman–Crippen LogP) is 4.37. The standard InChI is InChI=1S/C20H20ClN3O2/c1-14(2)24(19(25)12-15-6-4-3-5-7-15)13-18-22-23-20(26-18)16-8-10-17(21)11-9-16/h3-11,14H,12-13H2,1-2H3. The van der Waals surface area contributed by atoms with E-state index in [0.717, 1.165) is 11.1 Å². The van der Waals surface area contributed by atoms with Gasteiger partial charge in [0.05, 0.1) is 13.0 Å². The van der Waals surface area contributed by atoms with E-state index in [1.54, 1.807) is 17.0 Å².